The number of benzene rings is 2. The van der Waals surface area contributed by atoms with Gasteiger partial charge in [-0.3, -0.25) is 14.5 Å². The van der Waals surface area contributed by atoms with Crippen molar-refractivity contribution >= 4 is 34.1 Å². The van der Waals surface area contributed by atoms with E-state index in [1.54, 1.807) is 35.3 Å². The average molecular weight is 381 g/mol. The fourth-order valence-corrected chi connectivity index (χ4v) is 3.09. The van der Waals surface area contributed by atoms with Crippen LogP contribution in [0.3, 0.4) is 0 Å². The van der Waals surface area contributed by atoms with Crippen molar-refractivity contribution in [1.29, 1.82) is 0 Å². The molecule has 2 heterocycles. The van der Waals surface area contributed by atoms with Gasteiger partial charge in [0.1, 0.15) is 5.82 Å². The van der Waals surface area contributed by atoms with Crippen LogP contribution in [0.1, 0.15) is 10.4 Å². The zero-order valence-electron chi connectivity index (χ0n) is 14.3. The summed E-state index contributed by atoms with van der Waals surface area (Å²) in [5, 5.41) is 7.76. The van der Waals surface area contributed by atoms with E-state index in [1.807, 2.05) is 19.3 Å². The lowest BCUT2D eigenvalue weighted by atomic mass is 10.1. The molecule has 0 unspecified atom stereocenters. The van der Waals surface area contributed by atoms with Crippen LogP contribution in [-0.4, -0.2) is 20.7 Å². The first kappa shape index (κ1) is 17.2. The van der Waals surface area contributed by atoms with Crippen LogP contribution in [0.15, 0.2) is 61.1 Å². The minimum atomic E-state index is -0.665. The normalized spacial score (nSPS) is 10.9. The summed E-state index contributed by atoms with van der Waals surface area (Å²) in [5.74, 6) is -1.27. The maximum atomic E-state index is 13.9. The molecule has 0 aliphatic heterocycles. The minimum absolute atomic E-state index is 0.0637. The highest BCUT2D eigenvalue weighted by molar-refractivity contribution is 6.34. The second-order valence-electron chi connectivity index (χ2n) is 6.08. The third-order valence-corrected chi connectivity index (χ3v) is 4.48. The van der Waals surface area contributed by atoms with Crippen molar-refractivity contribution < 1.29 is 9.18 Å². The Hall–Kier alpha value is -3.25. The topological polar surface area (TPSA) is 59.8 Å². The first-order chi connectivity index (χ1) is 13.0. The van der Waals surface area contributed by atoms with Crippen LogP contribution in [0.4, 0.5) is 10.1 Å². The van der Waals surface area contributed by atoms with Crippen LogP contribution in [0.2, 0.25) is 5.02 Å². The van der Waals surface area contributed by atoms with Crippen molar-refractivity contribution in [3.05, 3.63) is 77.5 Å². The first-order valence-corrected chi connectivity index (χ1v) is 8.53. The molecule has 0 saturated heterocycles. The quantitative estimate of drug-likeness (QED) is 0.561. The fraction of sp³-hybridized carbons (Fsp3) is 0.0500. The number of carbonyl (C=O) groups excluding carboxylic acids is 1. The number of fused-ring (bicyclic) bond motifs is 1. The van der Waals surface area contributed by atoms with E-state index < -0.39 is 11.7 Å². The SMILES string of the molecule is Cn1cc(-c2cnc3ccc(NC(=O)c4c(F)cccc4Cl)cc3c2)cn1. The number of rotatable bonds is 3. The number of halogens is 2. The maximum Gasteiger partial charge on any atom is 0.260 e. The van der Waals surface area contributed by atoms with E-state index in [0.717, 1.165) is 22.0 Å². The van der Waals surface area contributed by atoms with Gasteiger partial charge in [0.05, 0.1) is 22.3 Å². The molecule has 4 aromatic rings. The first-order valence-electron chi connectivity index (χ1n) is 8.15. The number of aromatic nitrogens is 3. The van der Waals surface area contributed by atoms with Gasteiger partial charge in [-0.05, 0) is 36.4 Å². The van der Waals surface area contributed by atoms with Crippen molar-refractivity contribution in [3.8, 4) is 11.1 Å². The zero-order chi connectivity index (χ0) is 19.0. The highest BCUT2D eigenvalue weighted by Crippen LogP contribution is 2.25. The Kier molecular flexibility index (Phi) is 4.33. The minimum Gasteiger partial charge on any atom is -0.322 e. The molecule has 134 valence electrons. The number of carbonyl (C=O) groups is 1. The van der Waals surface area contributed by atoms with Crippen LogP contribution in [0.5, 0.6) is 0 Å². The van der Waals surface area contributed by atoms with Gasteiger partial charge in [-0.15, -0.1) is 0 Å². The lowest BCUT2D eigenvalue weighted by Gasteiger charge is -2.09. The molecule has 2 aromatic heterocycles. The van der Waals surface area contributed by atoms with Gasteiger partial charge < -0.3 is 5.32 Å². The number of nitrogens with zero attached hydrogens (tertiary/aromatic N) is 3. The molecule has 0 fully saturated rings. The van der Waals surface area contributed by atoms with E-state index in [4.69, 9.17) is 11.6 Å². The van der Waals surface area contributed by atoms with Crippen LogP contribution < -0.4 is 5.32 Å². The van der Waals surface area contributed by atoms with Gasteiger partial charge in [0.15, 0.2) is 0 Å². The van der Waals surface area contributed by atoms with Crippen LogP contribution >= 0.6 is 11.6 Å². The maximum absolute atomic E-state index is 13.9. The van der Waals surface area contributed by atoms with Crippen molar-refractivity contribution in [3.63, 3.8) is 0 Å². The average Bonchev–Trinajstić information content (AvgIpc) is 3.07. The Morgan fingerprint density at radius 1 is 1.15 bits per heavy atom. The number of hydrogen-bond donors (Lipinski definition) is 1. The number of nitrogens with one attached hydrogen (secondary N) is 1. The smallest absolute Gasteiger partial charge is 0.260 e. The van der Waals surface area contributed by atoms with E-state index in [1.165, 1.54) is 18.2 Å². The predicted molar refractivity (Wildman–Crippen MR) is 103 cm³/mol. The van der Waals surface area contributed by atoms with E-state index in [-0.39, 0.29) is 10.6 Å². The molecule has 0 aliphatic rings. The zero-order valence-corrected chi connectivity index (χ0v) is 15.0. The summed E-state index contributed by atoms with van der Waals surface area (Å²) < 4.78 is 15.7. The summed E-state index contributed by atoms with van der Waals surface area (Å²) in [6.07, 6.45) is 5.43. The van der Waals surface area contributed by atoms with Gasteiger partial charge in [0, 0.05) is 41.6 Å². The van der Waals surface area contributed by atoms with E-state index in [2.05, 4.69) is 15.4 Å². The van der Waals surface area contributed by atoms with Crippen molar-refractivity contribution in [1.82, 2.24) is 14.8 Å². The monoisotopic (exact) mass is 380 g/mol. The predicted octanol–water partition coefficient (Wildman–Crippen LogP) is 4.68. The molecule has 0 radical (unpaired) electrons. The molecule has 0 bridgehead atoms. The summed E-state index contributed by atoms with van der Waals surface area (Å²) in [6, 6.07) is 11.4. The highest BCUT2D eigenvalue weighted by Gasteiger charge is 2.16. The van der Waals surface area contributed by atoms with Crippen LogP contribution in [0.25, 0.3) is 22.0 Å². The van der Waals surface area contributed by atoms with Crippen LogP contribution in [0, 0.1) is 5.82 Å². The van der Waals surface area contributed by atoms with Crippen LogP contribution in [-0.2, 0) is 7.05 Å². The molecular weight excluding hydrogens is 367 g/mol. The largest absolute Gasteiger partial charge is 0.322 e. The van der Waals surface area contributed by atoms with Crippen molar-refractivity contribution in [2.24, 2.45) is 7.05 Å². The summed E-state index contributed by atoms with van der Waals surface area (Å²) >= 11 is 5.96. The summed E-state index contributed by atoms with van der Waals surface area (Å²) in [4.78, 5) is 16.9. The second kappa shape index (κ2) is 6.81. The molecule has 0 saturated carbocycles. The van der Waals surface area contributed by atoms with Gasteiger partial charge in [-0.2, -0.15) is 5.10 Å². The van der Waals surface area contributed by atoms with Crippen molar-refractivity contribution in [2.75, 3.05) is 5.32 Å². The molecule has 7 heteroatoms. The van der Waals surface area contributed by atoms with E-state index in [0.29, 0.717) is 5.69 Å². The Balaban J connectivity index is 1.67. The Morgan fingerprint density at radius 3 is 2.74 bits per heavy atom. The molecular formula is C20H14ClFN4O. The molecule has 1 N–H and O–H groups in total. The van der Waals surface area contributed by atoms with Gasteiger partial charge in [-0.1, -0.05) is 17.7 Å². The third kappa shape index (κ3) is 3.39. The summed E-state index contributed by atoms with van der Waals surface area (Å²) in [7, 11) is 1.85. The van der Waals surface area contributed by atoms with E-state index in [9.17, 15) is 9.18 Å². The molecule has 0 atom stereocenters. The highest BCUT2D eigenvalue weighted by atomic mass is 35.5. The molecule has 4 rings (SSSR count). The Bertz CT molecular complexity index is 1150. The number of pyridine rings is 1. The van der Waals surface area contributed by atoms with Crippen molar-refractivity contribution in [2.45, 2.75) is 0 Å². The third-order valence-electron chi connectivity index (χ3n) is 4.17. The Labute approximate surface area is 159 Å². The van der Waals surface area contributed by atoms with Gasteiger partial charge in [0.25, 0.3) is 5.91 Å². The standard InChI is InChI=1S/C20H14ClFN4O/c1-26-11-14(10-24-26)13-7-12-8-15(5-6-18(12)23-9-13)25-20(27)19-16(21)3-2-4-17(19)22/h2-11H,1H3,(H,25,27). The molecule has 5 nitrogen and oxygen atoms in total. The van der Waals surface area contributed by atoms with Gasteiger partial charge in [0.2, 0.25) is 0 Å². The fourth-order valence-electron chi connectivity index (χ4n) is 2.85. The Morgan fingerprint density at radius 2 is 2.00 bits per heavy atom. The van der Waals surface area contributed by atoms with Gasteiger partial charge >= 0.3 is 0 Å². The summed E-state index contributed by atoms with van der Waals surface area (Å²) in [5.41, 5.74) is 2.98. The lowest BCUT2D eigenvalue weighted by molar-refractivity contribution is 0.102. The number of amides is 1. The summed E-state index contributed by atoms with van der Waals surface area (Å²) in [6.45, 7) is 0. The lowest BCUT2D eigenvalue weighted by Crippen LogP contribution is -2.14. The van der Waals surface area contributed by atoms with E-state index >= 15 is 0 Å². The number of aryl methyl sites for hydroxylation is 1. The number of hydrogen-bond acceptors (Lipinski definition) is 3. The molecule has 1 amide bonds. The molecule has 0 spiro atoms. The molecule has 2 aromatic carbocycles. The molecule has 0 aliphatic carbocycles. The molecule has 27 heavy (non-hydrogen) atoms. The second-order valence-corrected chi connectivity index (χ2v) is 6.49. The van der Waals surface area contributed by atoms with Gasteiger partial charge in [-0.25, -0.2) is 4.39 Å². The number of anilines is 1.